The fraction of sp³-hybridized carbons (Fsp3) is 0.182. The topological polar surface area (TPSA) is 48.0 Å². The molecule has 0 saturated heterocycles. The second-order valence-corrected chi connectivity index (χ2v) is 3.04. The molecule has 3 heteroatoms. The highest BCUT2D eigenvalue weighted by Gasteiger charge is 1.98. The lowest BCUT2D eigenvalue weighted by molar-refractivity contribution is -0.106. The third kappa shape index (κ3) is 1.93. The predicted molar refractivity (Wildman–Crippen MR) is 57.9 cm³/mol. The standard InChI is InChI=1S/C10H11N.CH3NO/c1-8-7-9-5-3-4-6-10(9)11(8)2;2-1-3/h3-7H,1-2H3;1H,(H2,2,3). The molecule has 0 spiro atoms. The molecule has 0 unspecified atom stereocenters. The van der Waals surface area contributed by atoms with Gasteiger partial charge in [-0.05, 0) is 24.4 Å². The molecule has 0 bridgehead atoms. The molecule has 0 radical (unpaired) electrons. The van der Waals surface area contributed by atoms with E-state index in [0.717, 1.165) is 0 Å². The SMILES string of the molecule is Cc1cc2ccccc2n1C.NC=O. The number of hydrogen-bond donors (Lipinski definition) is 1. The number of carbonyl (C=O) groups is 1. The molecule has 1 heterocycles. The van der Waals surface area contributed by atoms with E-state index < -0.39 is 0 Å². The first-order valence-electron chi connectivity index (χ1n) is 4.37. The number of hydrogen-bond acceptors (Lipinski definition) is 1. The lowest BCUT2D eigenvalue weighted by Gasteiger charge is -1.96. The van der Waals surface area contributed by atoms with Crippen LogP contribution in [0.1, 0.15) is 5.69 Å². The Morgan fingerprint density at radius 3 is 2.50 bits per heavy atom. The van der Waals surface area contributed by atoms with Gasteiger partial charge in [-0.2, -0.15) is 0 Å². The van der Waals surface area contributed by atoms with Gasteiger partial charge in [-0.25, -0.2) is 0 Å². The second kappa shape index (κ2) is 4.46. The first-order valence-corrected chi connectivity index (χ1v) is 4.37. The number of rotatable bonds is 0. The molecule has 74 valence electrons. The Bertz CT molecular complexity index is 432. The van der Waals surface area contributed by atoms with Gasteiger partial charge < -0.3 is 10.3 Å². The number of nitrogens with zero attached hydrogens (tertiary/aromatic N) is 1. The Morgan fingerprint density at radius 1 is 1.36 bits per heavy atom. The molecule has 0 saturated carbocycles. The maximum Gasteiger partial charge on any atom is 0.204 e. The molecule has 0 aliphatic rings. The fourth-order valence-corrected chi connectivity index (χ4v) is 1.43. The Morgan fingerprint density at radius 2 is 1.93 bits per heavy atom. The monoisotopic (exact) mass is 190 g/mol. The van der Waals surface area contributed by atoms with E-state index in [1.54, 1.807) is 0 Å². The van der Waals surface area contributed by atoms with Gasteiger partial charge in [0.05, 0.1) is 0 Å². The summed E-state index contributed by atoms with van der Waals surface area (Å²) in [5.74, 6) is 0. The quantitative estimate of drug-likeness (QED) is 0.630. The zero-order valence-electron chi connectivity index (χ0n) is 8.40. The number of amides is 1. The first-order chi connectivity index (χ1) is 6.70. The number of nitrogens with two attached hydrogens (primary N) is 1. The summed E-state index contributed by atoms with van der Waals surface area (Å²) < 4.78 is 2.20. The number of aryl methyl sites for hydroxylation is 2. The Kier molecular flexibility index (Phi) is 3.29. The van der Waals surface area contributed by atoms with E-state index in [1.165, 1.54) is 16.6 Å². The summed E-state index contributed by atoms with van der Waals surface area (Å²) >= 11 is 0. The number of primary amides is 1. The molecule has 2 N–H and O–H groups in total. The summed E-state index contributed by atoms with van der Waals surface area (Å²) in [5, 5.41) is 1.33. The van der Waals surface area contributed by atoms with Gasteiger partial charge in [0.15, 0.2) is 0 Å². The van der Waals surface area contributed by atoms with Gasteiger partial charge in [-0.3, -0.25) is 4.79 Å². The van der Waals surface area contributed by atoms with E-state index in [1.807, 2.05) is 0 Å². The van der Waals surface area contributed by atoms with E-state index in [2.05, 4.69) is 54.6 Å². The Balaban J connectivity index is 0.000000293. The van der Waals surface area contributed by atoms with Gasteiger partial charge in [0.25, 0.3) is 0 Å². The molecule has 14 heavy (non-hydrogen) atoms. The van der Waals surface area contributed by atoms with Crippen molar-refractivity contribution in [1.82, 2.24) is 4.57 Å². The van der Waals surface area contributed by atoms with Crippen LogP contribution >= 0.6 is 0 Å². The number of benzene rings is 1. The third-order valence-corrected chi connectivity index (χ3v) is 2.19. The Hall–Kier alpha value is -1.77. The lowest BCUT2D eigenvalue weighted by Crippen LogP contribution is -1.88. The molecule has 0 atom stereocenters. The molecule has 1 amide bonds. The molecular formula is C11H14N2O. The zero-order chi connectivity index (χ0) is 10.6. The summed E-state index contributed by atoms with van der Waals surface area (Å²) in [4.78, 5) is 8.58. The van der Waals surface area contributed by atoms with Gasteiger partial charge in [0.2, 0.25) is 6.41 Å². The summed E-state index contributed by atoms with van der Waals surface area (Å²) in [6, 6.07) is 10.6. The number of aromatic nitrogens is 1. The summed E-state index contributed by atoms with van der Waals surface area (Å²) in [6.07, 6.45) is 0.250. The average molecular weight is 190 g/mol. The van der Waals surface area contributed by atoms with Crippen LogP contribution in [0, 0.1) is 6.92 Å². The first kappa shape index (κ1) is 10.3. The summed E-state index contributed by atoms with van der Waals surface area (Å²) in [6.45, 7) is 2.12. The highest BCUT2D eigenvalue weighted by molar-refractivity contribution is 5.80. The highest BCUT2D eigenvalue weighted by atomic mass is 16.1. The van der Waals surface area contributed by atoms with Crippen LogP contribution in [0.4, 0.5) is 0 Å². The fourth-order valence-electron chi connectivity index (χ4n) is 1.43. The van der Waals surface area contributed by atoms with Gasteiger partial charge in [0, 0.05) is 18.3 Å². The van der Waals surface area contributed by atoms with Crippen molar-refractivity contribution in [3.63, 3.8) is 0 Å². The van der Waals surface area contributed by atoms with E-state index in [9.17, 15) is 0 Å². The molecule has 2 rings (SSSR count). The van der Waals surface area contributed by atoms with Crippen LogP contribution < -0.4 is 5.73 Å². The number of carbonyl (C=O) groups excluding carboxylic acids is 1. The van der Waals surface area contributed by atoms with Crippen molar-refractivity contribution in [3.05, 3.63) is 36.0 Å². The molecule has 0 aliphatic carbocycles. The zero-order valence-corrected chi connectivity index (χ0v) is 8.40. The van der Waals surface area contributed by atoms with E-state index in [4.69, 9.17) is 4.79 Å². The second-order valence-electron chi connectivity index (χ2n) is 3.04. The van der Waals surface area contributed by atoms with E-state index >= 15 is 0 Å². The van der Waals surface area contributed by atoms with Crippen LogP contribution in [0.2, 0.25) is 0 Å². The van der Waals surface area contributed by atoms with Crippen LogP contribution in [-0.2, 0) is 11.8 Å². The molecule has 1 aromatic carbocycles. The minimum atomic E-state index is 0.250. The minimum Gasteiger partial charge on any atom is -0.372 e. The number of para-hydroxylation sites is 1. The van der Waals surface area contributed by atoms with Gasteiger partial charge in [-0.1, -0.05) is 18.2 Å². The molecule has 0 fully saturated rings. The molecular weight excluding hydrogens is 176 g/mol. The van der Waals surface area contributed by atoms with Gasteiger partial charge in [-0.15, -0.1) is 0 Å². The molecule has 1 aromatic heterocycles. The van der Waals surface area contributed by atoms with Gasteiger partial charge in [0.1, 0.15) is 0 Å². The number of fused-ring (bicyclic) bond motifs is 1. The van der Waals surface area contributed by atoms with Crippen LogP contribution in [0.3, 0.4) is 0 Å². The third-order valence-electron chi connectivity index (χ3n) is 2.19. The van der Waals surface area contributed by atoms with Crippen molar-refractivity contribution < 1.29 is 4.79 Å². The normalized spacial score (nSPS) is 9.29. The lowest BCUT2D eigenvalue weighted by atomic mass is 10.2. The largest absolute Gasteiger partial charge is 0.372 e. The maximum atomic E-state index is 8.58. The molecule has 2 aromatic rings. The van der Waals surface area contributed by atoms with E-state index in [0.29, 0.717) is 0 Å². The highest BCUT2D eigenvalue weighted by Crippen LogP contribution is 2.16. The Labute approximate surface area is 83.1 Å². The molecule has 0 aliphatic heterocycles. The summed E-state index contributed by atoms with van der Waals surface area (Å²) in [5.41, 5.74) is 6.79. The van der Waals surface area contributed by atoms with Crippen LogP contribution in [0.15, 0.2) is 30.3 Å². The van der Waals surface area contributed by atoms with Crippen LogP contribution in [0.5, 0.6) is 0 Å². The summed E-state index contributed by atoms with van der Waals surface area (Å²) in [7, 11) is 2.09. The van der Waals surface area contributed by atoms with Crippen molar-refractivity contribution >= 4 is 17.3 Å². The van der Waals surface area contributed by atoms with Gasteiger partial charge >= 0.3 is 0 Å². The van der Waals surface area contributed by atoms with Crippen molar-refractivity contribution in [2.75, 3.05) is 0 Å². The van der Waals surface area contributed by atoms with Crippen molar-refractivity contribution in [3.8, 4) is 0 Å². The van der Waals surface area contributed by atoms with Crippen molar-refractivity contribution in [2.24, 2.45) is 12.8 Å². The van der Waals surface area contributed by atoms with Crippen LogP contribution in [-0.4, -0.2) is 11.0 Å². The van der Waals surface area contributed by atoms with E-state index in [-0.39, 0.29) is 6.41 Å². The maximum absolute atomic E-state index is 8.58. The van der Waals surface area contributed by atoms with Crippen molar-refractivity contribution in [2.45, 2.75) is 6.92 Å². The smallest absolute Gasteiger partial charge is 0.204 e. The molecule has 3 nitrogen and oxygen atoms in total. The minimum absolute atomic E-state index is 0.250. The predicted octanol–water partition coefficient (Wildman–Crippen LogP) is 1.59. The average Bonchev–Trinajstić information content (AvgIpc) is 2.45. The van der Waals surface area contributed by atoms with Crippen molar-refractivity contribution in [1.29, 1.82) is 0 Å². The van der Waals surface area contributed by atoms with Crippen LogP contribution in [0.25, 0.3) is 10.9 Å².